The number of Topliss-reactive ketones (excluding diaryl/α,β-unsaturated/α-hetero) is 1. The summed E-state index contributed by atoms with van der Waals surface area (Å²) in [6.45, 7) is 4.71. The van der Waals surface area contributed by atoms with Gasteiger partial charge in [-0.3, -0.25) is 9.69 Å². The van der Waals surface area contributed by atoms with Gasteiger partial charge in [-0.25, -0.2) is 0 Å². The van der Waals surface area contributed by atoms with E-state index in [1.807, 2.05) is 13.0 Å². The number of piperidine rings is 1. The molecule has 3 nitrogen and oxygen atoms in total. The van der Waals surface area contributed by atoms with Crippen LogP contribution in [0, 0.1) is 5.92 Å². The van der Waals surface area contributed by atoms with Gasteiger partial charge < -0.3 is 4.74 Å². The fraction of sp³-hybridized carbons (Fsp3) is 0.643. The van der Waals surface area contributed by atoms with Crippen LogP contribution in [0.15, 0.2) is 12.1 Å². The molecule has 0 radical (unpaired) electrons. The molecule has 0 bridgehead atoms. The Morgan fingerprint density at radius 3 is 3.05 bits per heavy atom. The van der Waals surface area contributed by atoms with Gasteiger partial charge in [-0.2, -0.15) is 0 Å². The van der Waals surface area contributed by atoms with Crippen LogP contribution in [0.1, 0.15) is 29.4 Å². The fourth-order valence-electron chi connectivity index (χ4n) is 2.64. The molecule has 0 amide bonds. The molecule has 1 aliphatic rings. The number of nitrogens with zero attached hydrogens (tertiary/aromatic N) is 1. The Kier molecular flexibility index (Phi) is 5.39. The van der Waals surface area contributed by atoms with E-state index in [9.17, 15) is 4.79 Å². The van der Waals surface area contributed by atoms with Crippen molar-refractivity contribution in [3.63, 3.8) is 0 Å². The van der Waals surface area contributed by atoms with E-state index in [2.05, 4.69) is 4.90 Å². The van der Waals surface area contributed by atoms with E-state index < -0.39 is 0 Å². The van der Waals surface area contributed by atoms with Gasteiger partial charge in [-0.05, 0) is 44.4 Å². The highest BCUT2D eigenvalue weighted by Gasteiger charge is 2.28. The van der Waals surface area contributed by atoms with Crippen LogP contribution in [0.3, 0.4) is 0 Å². The molecule has 1 fully saturated rings. The molecular weight excluding hydrogens is 282 g/mol. The molecule has 106 valence electrons. The van der Waals surface area contributed by atoms with Crippen molar-refractivity contribution in [2.45, 2.75) is 25.8 Å². The molecule has 2 rings (SSSR count). The molecule has 0 aromatic carbocycles. The van der Waals surface area contributed by atoms with E-state index in [0.717, 1.165) is 31.0 Å². The minimum Gasteiger partial charge on any atom is -0.384 e. The maximum atomic E-state index is 12.4. The molecule has 5 heteroatoms. The van der Waals surface area contributed by atoms with Gasteiger partial charge in [0.15, 0.2) is 5.78 Å². The van der Waals surface area contributed by atoms with Gasteiger partial charge in [0.05, 0.1) is 21.9 Å². The minimum atomic E-state index is -0.0747. The Labute approximate surface area is 123 Å². The number of ether oxygens (including phenoxy) is 1. The van der Waals surface area contributed by atoms with Crippen molar-refractivity contribution in [1.82, 2.24) is 4.90 Å². The summed E-state index contributed by atoms with van der Waals surface area (Å²) >= 11 is 7.26. The van der Waals surface area contributed by atoms with Crippen LogP contribution in [0.25, 0.3) is 0 Å². The molecule has 0 spiro atoms. The second-order valence-corrected chi connectivity index (χ2v) is 6.82. The molecule has 1 aromatic rings. The Hall–Kier alpha value is -0.420. The van der Waals surface area contributed by atoms with E-state index in [0.29, 0.717) is 10.3 Å². The second-order valence-electron chi connectivity index (χ2n) is 5.10. The van der Waals surface area contributed by atoms with Crippen LogP contribution in [-0.4, -0.2) is 43.5 Å². The molecule has 2 unspecified atom stereocenters. The maximum absolute atomic E-state index is 12.4. The number of hydrogen-bond donors (Lipinski definition) is 0. The number of rotatable bonds is 5. The van der Waals surface area contributed by atoms with Gasteiger partial charge in [-0.1, -0.05) is 11.6 Å². The monoisotopic (exact) mass is 301 g/mol. The van der Waals surface area contributed by atoms with Crippen LogP contribution < -0.4 is 0 Å². The van der Waals surface area contributed by atoms with Crippen molar-refractivity contribution in [3.05, 3.63) is 21.3 Å². The summed E-state index contributed by atoms with van der Waals surface area (Å²) in [5.41, 5.74) is 0. The highest BCUT2D eigenvalue weighted by Crippen LogP contribution is 2.25. The molecule has 2 atom stereocenters. The number of carbonyl (C=O) groups excluding carboxylic acids is 1. The number of likely N-dealkylation sites (tertiary alicyclic amines) is 1. The number of halogens is 1. The van der Waals surface area contributed by atoms with Crippen LogP contribution in [0.4, 0.5) is 0 Å². The SMILES string of the molecule is COCC1CCCN(C(C)C(=O)c2ccc(Cl)s2)C1. The predicted molar refractivity (Wildman–Crippen MR) is 79.3 cm³/mol. The smallest absolute Gasteiger partial charge is 0.189 e. The van der Waals surface area contributed by atoms with Crippen LogP contribution in [0.5, 0.6) is 0 Å². The lowest BCUT2D eigenvalue weighted by atomic mass is 9.96. The second kappa shape index (κ2) is 6.84. The number of hydrogen-bond acceptors (Lipinski definition) is 4. The zero-order valence-corrected chi connectivity index (χ0v) is 13.0. The van der Waals surface area contributed by atoms with Gasteiger partial charge in [-0.15, -0.1) is 11.3 Å². The van der Waals surface area contributed by atoms with Crippen molar-refractivity contribution in [2.24, 2.45) is 5.92 Å². The molecule has 0 aliphatic carbocycles. The predicted octanol–water partition coefficient (Wildman–Crippen LogP) is 3.33. The van der Waals surface area contributed by atoms with Gasteiger partial charge in [0.1, 0.15) is 0 Å². The quantitative estimate of drug-likeness (QED) is 0.781. The van der Waals surface area contributed by atoms with Crippen molar-refractivity contribution >= 4 is 28.7 Å². The normalized spacial score (nSPS) is 22.4. The van der Waals surface area contributed by atoms with Crippen LogP contribution in [-0.2, 0) is 4.74 Å². The van der Waals surface area contributed by atoms with Gasteiger partial charge in [0, 0.05) is 13.7 Å². The minimum absolute atomic E-state index is 0.0747. The largest absolute Gasteiger partial charge is 0.384 e. The lowest BCUT2D eigenvalue weighted by molar-refractivity contribution is 0.0597. The lowest BCUT2D eigenvalue weighted by Gasteiger charge is -2.35. The van der Waals surface area contributed by atoms with Crippen LogP contribution in [0.2, 0.25) is 4.34 Å². The molecule has 1 aliphatic heterocycles. The average molecular weight is 302 g/mol. The van der Waals surface area contributed by atoms with E-state index in [4.69, 9.17) is 16.3 Å². The number of methoxy groups -OCH3 is 1. The molecule has 1 saturated heterocycles. The fourth-order valence-corrected chi connectivity index (χ4v) is 3.70. The van der Waals surface area contributed by atoms with E-state index >= 15 is 0 Å². The van der Waals surface area contributed by atoms with Crippen molar-refractivity contribution in [1.29, 1.82) is 0 Å². The van der Waals surface area contributed by atoms with Gasteiger partial charge >= 0.3 is 0 Å². The summed E-state index contributed by atoms with van der Waals surface area (Å²) in [7, 11) is 1.74. The van der Waals surface area contributed by atoms with Gasteiger partial charge in [0.2, 0.25) is 0 Å². The summed E-state index contributed by atoms with van der Waals surface area (Å²) in [5.74, 6) is 0.718. The highest BCUT2D eigenvalue weighted by molar-refractivity contribution is 7.18. The maximum Gasteiger partial charge on any atom is 0.189 e. The van der Waals surface area contributed by atoms with Crippen molar-refractivity contribution in [2.75, 3.05) is 26.8 Å². The van der Waals surface area contributed by atoms with Crippen LogP contribution >= 0.6 is 22.9 Å². The first-order valence-corrected chi connectivity index (χ1v) is 7.83. The summed E-state index contributed by atoms with van der Waals surface area (Å²) in [4.78, 5) is 15.4. The molecule has 19 heavy (non-hydrogen) atoms. The standard InChI is InChI=1S/C14H20ClNO2S/c1-10(14(17)12-5-6-13(15)19-12)16-7-3-4-11(8-16)9-18-2/h5-6,10-11H,3-4,7-9H2,1-2H3. The summed E-state index contributed by atoms with van der Waals surface area (Å²) in [6, 6.07) is 3.53. The zero-order chi connectivity index (χ0) is 13.8. The molecule has 0 saturated carbocycles. The van der Waals surface area contributed by atoms with Crippen molar-refractivity contribution < 1.29 is 9.53 Å². The molecule has 2 heterocycles. The first kappa shape index (κ1) is 15.0. The van der Waals surface area contributed by atoms with E-state index in [-0.39, 0.29) is 11.8 Å². The number of carbonyl (C=O) groups is 1. The van der Waals surface area contributed by atoms with E-state index in [1.165, 1.54) is 17.8 Å². The first-order valence-electron chi connectivity index (χ1n) is 6.64. The Morgan fingerprint density at radius 1 is 1.63 bits per heavy atom. The Bertz CT molecular complexity index is 433. The average Bonchev–Trinajstić information content (AvgIpc) is 2.84. The summed E-state index contributed by atoms with van der Waals surface area (Å²) in [5, 5.41) is 0. The van der Waals surface area contributed by atoms with Gasteiger partial charge in [0.25, 0.3) is 0 Å². The number of thiophene rings is 1. The van der Waals surface area contributed by atoms with E-state index in [1.54, 1.807) is 13.2 Å². The summed E-state index contributed by atoms with van der Waals surface area (Å²) < 4.78 is 5.90. The number of ketones is 1. The molecule has 1 aromatic heterocycles. The third-order valence-electron chi connectivity index (χ3n) is 3.70. The van der Waals surface area contributed by atoms with Crippen molar-refractivity contribution in [3.8, 4) is 0 Å². The third-order valence-corrected chi connectivity index (χ3v) is 4.94. The first-order chi connectivity index (χ1) is 9.11. The topological polar surface area (TPSA) is 29.5 Å². The zero-order valence-electron chi connectivity index (χ0n) is 11.4. The Balaban J connectivity index is 1.98. The third kappa shape index (κ3) is 3.78. The lowest BCUT2D eigenvalue weighted by Crippen LogP contribution is -2.45. The molecule has 0 N–H and O–H groups in total. The molecular formula is C14H20ClNO2S. The summed E-state index contributed by atoms with van der Waals surface area (Å²) in [6.07, 6.45) is 2.33. The Morgan fingerprint density at radius 2 is 2.42 bits per heavy atom. The highest BCUT2D eigenvalue weighted by atomic mass is 35.5.